The zero-order valence-corrected chi connectivity index (χ0v) is 12.2. The van der Waals surface area contributed by atoms with Gasteiger partial charge in [-0.15, -0.1) is 13.2 Å². The molecule has 1 unspecified atom stereocenters. The van der Waals surface area contributed by atoms with Crippen molar-refractivity contribution >= 4 is 16.8 Å². The number of amides is 1. The van der Waals surface area contributed by atoms with Gasteiger partial charge in [0.2, 0.25) is 0 Å². The number of alkyl halides is 3. The Morgan fingerprint density at radius 3 is 2.83 bits per heavy atom. The lowest BCUT2D eigenvalue weighted by atomic mass is 10.1. The largest absolute Gasteiger partial charge is 0.573 e. The Labute approximate surface area is 130 Å². The molecule has 0 aliphatic carbocycles. The lowest BCUT2D eigenvalue weighted by Gasteiger charge is -2.23. The predicted octanol–water partition coefficient (Wildman–Crippen LogP) is 2.55. The van der Waals surface area contributed by atoms with Crippen LogP contribution in [0.25, 0.3) is 10.9 Å². The molecule has 1 atom stereocenters. The van der Waals surface area contributed by atoms with Gasteiger partial charge in [0, 0.05) is 23.5 Å². The Bertz CT molecular complexity index is 706. The van der Waals surface area contributed by atoms with Crippen molar-refractivity contribution in [1.82, 2.24) is 15.6 Å². The molecule has 8 heteroatoms. The second kappa shape index (κ2) is 6.11. The van der Waals surface area contributed by atoms with Gasteiger partial charge in [-0.25, -0.2) is 0 Å². The summed E-state index contributed by atoms with van der Waals surface area (Å²) in [4.78, 5) is 15.1. The number of ether oxygens (including phenoxy) is 1. The molecule has 1 aromatic heterocycles. The van der Waals surface area contributed by atoms with E-state index in [9.17, 15) is 18.0 Å². The lowest BCUT2D eigenvalue weighted by molar-refractivity contribution is -0.274. The average Bonchev–Trinajstić information content (AvgIpc) is 2.90. The number of piperidine rings is 1. The number of hydrogen-bond donors (Lipinski definition) is 3. The van der Waals surface area contributed by atoms with Gasteiger partial charge in [0.25, 0.3) is 5.91 Å². The van der Waals surface area contributed by atoms with Crippen LogP contribution in [0.3, 0.4) is 0 Å². The maximum absolute atomic E-state index is 12.2. The van der Waals surface area contributed by atoms with Crippen molar-refractivity contribution < 1.29 is 22.7 Å². The van der Waals surface area contributed by atoms with E-state index >= 15 is 0 Å². The van der Waals surface area contributed by atoms with Crippen molar-refractivity contribution in [1.29, 1.82) is 0 Å². The van der Waals surface area contributed by atoms with E-state index in [1.807, 2.05) is 0 Å². The van der Waals surface area contributed by atoms with Crippen LogP contribution in [0, 0.1) is 0 Å². The van der Waals surface area contributed by atoms with E-state index in [0.29, 0.717) is 16.6 Å². The number of benzene rings is 1. The zero-order valence-electron chi connectivity index (χ0n) is 12.2. The zero-order chi connectivity index (χ0) is 16.4. The molecular formula is C15H16F3N3O2. The third-order valence-electron chi connectivity index (χ3n) is 3.70. The first-order valence-corrected chi connectivity index (χ1v) is 7.31. The molecule has 1 aliphatic heterocycles. The number of rotatable bonds is 3. The van der Waals surface area contributed by atoms with Gasteiger partial charge in [0.15, 0.2) is 0 Å². The number of hydrogen-bond acceptors (Lipinski definition) is 3. The first-order valence-electron chi connectivity index (χ1n) is 7.31. The molecule has 23 heavy (non-hydrogen) atoms. The van der Waals surface area contributed by atoms with Gasteiger partial charge in [-0.05, 0) is 43.7 Å². The second-order valence-electron chi connectivity index (χ2n) is 5.50. The standard InChI is InChI=1S/C15H16F3N3O2/c16-15(17,18)23-11-3-4-12-9(6-11)7-13(21-12)14(22)20-10-2-1-5-19-8-10/h3-4,6-7,10,19,21H,1-2,5,8H2,(H,20,22). The molecule has 2 aromatic rings. The number of aromatic nitrogens is 1. The van der Waals surface area contributed by atoms with Crippen LogP contribution in [0.5, 0.6) is 5.75 Å². The predicted molar refractivity (Wildman–Crippen MR) is 78.3 cm³/mol. The molecule has 1 amide bonds. The van der Waals surface area contributed by atoms with Crippen molar-refractivity contribution in [2.45, 2.75) is 25.2 Å². The minimum absolute atomic E-state index is 0.0618. The van der Waals surface area contributed by atoms with Crippen LogP contribution in [0.2, 0.25) is 0 Å². The third kappa shape index (κ3) is 3.95. The van der Waals surface area contributed by atoms with E-state index in [-0.39, 0.29) is 17.7 Å². The van der Waals surface area contributed by atoms with Crippen LogP contribution in [0.1, 0.15) is 23.3 Å². The summed E-state index contributed by atoms with van der Waals surface area (Å²) in [6.07, 6.45) is -2.84. The Morgan fingerprint density at radius 2 is 2.13 bits per heavy atom. The Morgan fingerprint density at radius 1 is 1.30 bits per heavy atom. The minimum atomic E-state index is -4.74. The van der Waals surface area contributed by atoms with Gasteiger partial charge in [0.05, 0.1) is 0 Å². The summed E-state index contributed by atoms with van der Waals surface area (Å²) in [5.41, 5.74) is 0.890. The molecular weight excluding hydrogens is 311 g/mol. The maximum Gasteiger partial charge on any atom is 0.573 e. The normalized spacial score (nSPS) is 18.8. The Balaban J connectivity index is 1.75. The number of H-pyrrole nitrogens is 1. The van der Waals surface area contributed by atoms with E-state index in [1.165, 1.54) is 24.3 Å². The SMILES string of the molecule is O=C(NC1CCCNC1)c1cc2cc(OC(F)(F)F)ccc2[nH]1. The maximum atomic E-state index is 12.2. The summed E-state index contributed by atoms with van der Waals surface area (Å²) in [5, 5.41) is 6.59. The van der Waals surface area contributed by atoms with Crippen LogP contribution in [-0.4, -0.2) is 36.4 Å². The molecule has 2 heterocycles. The van der Waals surface area contributed by atoms with Crippen LogP contribution in [0.4, 0.5) is 13.2 Å². The topological polar surface area (TPSA) is 66.2 Å². The summed E-state index contributed by atoms with van der Waals surface area (Å²) in [5.74, 6) is -0.583. The fourth-order valence-electron chi connectivity index (χ4n) is 2.67. The van der Waals surface area contributed by atoms with Gasteiger partial charge in [-0.3, -0.25) is 4.79 Å². The van der Waals surface area contributed by atoms with E-state index in [1.54, 1.807) is 0 Å². The second-order valence-corrected chi connectivity index (χ2v) is 5.50. The van der Waals surface area contributed by atoms with Crippen LogP contribution in [0.15, 0.2) is 24.3 Å². The van der Waals surface area contributed by atoms with Crippen LogP contribution < -0.4 is 15.4 Å². The fourth-order valence-corrected chi connectivity index (χ4v) is 2.67. The summed E-state index contributed by atoms with van der Waals surface area (Å²) in [7, 11) is 0. The summed E-state index contributed by atoms with van der Waals surface area (Å²) < 4.78 is 40.6. The van der Waals surface area contributed by atoms with Gasteiger partial charge in [-0.2, -0.15) is 0 Å². The van der Waals surface area contributed by atoms with Crippen molar-refractivity contribution in [3.05, 3.63) is 30.0 Å². The number of halogens is 3. The van der Waals surface area contributed by atoms with Gasteiger partial charge in [0.1, 0.15) is 11.4 Å². The molecule has 0 saturated carbocycles. The van der Waals surface area contributed by atoms with Crippen molar-refractivity contribution in [3.8, 4) is 5.75 Å². The van der Waals surface area contributed by atoms with E-state index < -0.39 is 6.36 Å². The van der Waals surface area contributed by atoms with Crippen molar-refractivity contribution in [2.75, 3.05) is 13.1 Å². The van der Waals surface area contributed by atoms with Gasteiger partial charge < -0.3 is 20.4 Å². The summed E-state index contributed by atoms with van der Waals surface area (Å²) in [6.45, 7) is 1.66. The first-order chi connectivity index (χ1) is 10.9. The smallest absolute Gasteiger partial charge is 0.406 e. The molecule has 1 aromatic carbocycles. The number of aromatic amines is 1. The first kappa shape index (κ1) is 15.7. The highest BCUT2D eigenvalue weighted by Crippen LogP contribution is 2.26. The van der Waals surface area contributed by atoms with E-state index in [4.69, 9.17) is 0 Å². The molecule has 5 nitrogen and oxygen atoms in total. The lowest BCUT2D eigenvalue weighted by Crippen LogP contribution is -2.45. The molecule has 0 radical (unpaired) electrons. The highest BCUT2D eigenvalue weighted by atomic mass is 19.4. The highest BCUT2D eigenvalue weighted by Gasteiger charge is 2.31. The number of nitrogens with one attached hydrogen (secondary N) is 3. The Hall–Kier alpha value is -2.22. The quantitative estimate of drug-likeness (QED) is 0.812. The molecule has 3 N–H and O–H groups in total. The minimum Gasteiger partial charge on any atom is -0.406 e. The average molecular weight is 327 g/mol. The molecule has 0 spiro atoms. The number of fused-ring (bicyclic) bond motifs is 1. The summed E-state index contributed by atoms with van der Waals surface area (Å²) >= 11 is 0. The molecule has 1 saturated heterocycles. The molecule has 0 bridgehead atoms. The van der Waals surface area contributed by atoms with E-state index in [0.717, 1.165) is 25.9 Å². The van der Waals surface area contributed by atoms with Gasteiger partial charge in [-0.1, -0.05) is 0 Å². The van der Waals surface area contributed by atoms with Crippen LogP contribution in [-0.2, 0) is 0 Å². The summed E-state index contributed by atoms with van der Waals surface area (Å²) in [6, 6.07) is 5.49. The van der Waals surface area contributed by atoms with Crippen molar-refractivity contribution in [2.24, 2.45) is 0 Å². The fraction of sp³-hybridized carbons (Fsp3) is 0.400. The van der Waals surface area contributed by atoms with Crippen LogP contribution >= 0.6 is 0 Å². The third-order valence-corrected chi connectivity index (χ3v) is 3.70. The van der Waals surface area contributed by atoms with Crippen molar-refractivity contribution in [3.63, 3.8) is 0 Å². The molecule has 1 fully saturated rings. The van der Waals surface area contributed by atoms with Gasteiger partial charge >= 0.3 is 6.36 Å². The monoisotopic (exact) mass is 327 g/mol. The molecule has 124 valence electrons. The Kier molecular flexibility index (Phi) is 4.16. The number of carbonyl (C=O) groups is 1. The highest BCUT2D eigenvalue weighted by molar-refractivity contribution is 5.98. The number of carbonyl (C=O) groups excluding carboxylic acids is 1. The molecule has 3 rings (SSSR count). The molecule has 1 aliphatic rings. The van der Waals surface area contributed by atoms with E-state index in [2.05, 4.69) is 20.4 Å².